The molecule has 34 heavy (non-hydrogen) atoms. The van der Waals surface area contributed by atoms with Crippen LogP contribution in [0.3, 0.4) is 0 Å². The molecule has 7 rings (SSSR count). The Labute approximate surface area is 196 Å². The van der Waals surface area contributed by atoms with Crippen LogP contribution < -0.4 is 0 Å². The molecule has 5 heteroatoms. The SMILES string of the molecule is CCc1nc2ccccc2n1-c1ccc(-c2nc3ccccc3c3nc4ccccn4c23)cc1. The van der Waals surface area contributed by atoms with Gasteiger partial charge in [-0.25, -0.2) is 15.0 Å². The standard InChI is InChI=1S/C29H21N5/c1-2-25-30-23-11-5-6-12-24(23)34(25)20-16-14-19(15-17-20)27-29-28(21-9-3-4-10-22(21)31-27)32-26-13-7-8-18-33(26)29/h3-18H,2H2,1H3. The Bertz CT molecular complexity index is 1840. The molecule has 0 radical (unpaired) electrons. The van der Waals surface area contributed by atoms with Gasteiger partial charge in [0.2, 0.25) is 0 Å². The zero-order chi connectivity index (χ0) is 22.6. The van der Waals surface area contributed by atoms with Crippen LogP contribution in [0.2, 0.25) is 0 Å². The van der Waals surface area contributed by atoms with Crippen LogP contribution in [0.5, 0.6) is 0 Å². The molecule has 0 N–H and O–H groups in total. The largest absolute Gasteiger partial charge is 0.298 e. The molecule has 4 aromatic heterocycles. The van der Waals surface area contributed by atoms with Gasteiger partial charge in [-0.3, -0.25) is 8.97 Å². The third-order valence-corrected chi connectivity index (χ3v) is 6.49. The van der Waals surface area contributed by atoms with Gasteiger partial charge in [-0.05, 0) is 42.5 Å². The van der Waals surface area contributed by atoms with Crippen molar-refractivity contribution in [1.29, 1.82) is 0 Å². The van der Waals surface area contributed by atoms with Crippen LogP contribution >= 0.6 is 0 Å². The second-order valence-electron chi connectivity index (χ2n) is 8.47. The van der Waals surface area contributed by atoms with Gasteiger partial charge in [-0.15, -0.1) is 0 Å². The van der Waals surface area contributed by atoms with Crippen molar-refractivity contribution in [2.75, 3.05) is 0 Å². The molecule has 4 heterocycles. The summed E-state index contributed by atoms with van der Waals surface area (Å²) in [5.41, 5.74) is 9.13. The Morgan fingerprint density at radius 1 is 0.706 bits per heavy atom. The number of aromatic nitrogens is 5. The molecule has 0 aliphatic heterocycles. The summed E-state index contributed by atoms with van der Waals surface area (Å²) < 4.78 is 4.38. The summed E-state index contributed by atoms with van der Waals surface area (Å²) >= 11 is 0. The van der Waals surface area contributed by atoms with Crippen LogP contribution in [0.4, 0.5) is 0 Å². The highest BCUT2D eigenvalue weighted by atomic mass is 15.1. The number of fused-ring (bicyclic) bond motifs is 6. The minimum atomic E-state index is 0.866. The van der Waals surface area contributed by atoms with E-state index in [1.54, 1.807) is 0 Å². The molecular formula is C29H21N5. The molecule has 0 saturated heterocycles. The summed E-state index contributed by atoms with van der Waals surface area (Å²) in [5, 5.41) is 1.07. The molecule has 0 atom stereocenters. The van der Waals surface area contributed by atoms with Crippen LogP contribution in [0.15, 0.2) is 97.2 Å². The first-order chi connectivity index (χ1) is 16.8. The monoisotopic (exact) mass is 439 g/mol. The van der Waals surface area contributed by atoms with Crippen LogP contribution in [-0.4, -0.2) is 23.9 Å². The Kier molecular flexibility index (Phi) is 4.05. The van der Waals surface area contributed by atoms with Crippen molar-refractivity contribution in [3.8, 4) is 16.9 Å². The van der Waals surface area contributed by atoms with Crippen molar-refractivity contribution in [3.63, 3.8) is 0 Å². The van der Waals surface area contributed by atoms with E-state index in [1.165, 1.54) is 0 Å². The Hall–Kier alpha value is -4.51. The summed E-state index contributed by atoms with van der Waals surface area (Å²) in [5.74, 6) is 1.06. The molecular weight excluding hydrogens is 418 g/mol. The number of hydrogen-bond acceptors (Lipinski definition) is 3. The first kappa shape index (κ1) is 19.0. The lowest BCUT2D eigenvalue weighted by Gasteiger charge is -2.11. The lowest BCUT2D eigenvalue weighted by atomic mass is 10.1. The molecule has 0 bridgehead atoms. The van der Waals surface area contributed by atoms with E-state index in [-0.39, 0.29) is 0 Å². The molecule has 0 aliphatic rings. The molecule has 0 aliphatic carbocycles. The van der Waals surface area contributed by atoms with Gasteiger partial charge in [0, 0.05) is 29.3 Å². The summed E-state index contributed by atoms with van der Waals surface area (Å²) in [6, 6.07) is 31.3. The predicted molar refractivity (Wildman–Crippen MR) is 137 cm³/mol. The van der Waals surface area contributed by atoms with Gasteiger partial charge in [0.1, 0.15) is 17.0 Å². The van der Waals surface area contributed by atoms with Crippen molar-refractivity contribution in [3.05, 3.63) is 103 Å². The minimum absolute atomic E-state index is 0.866. The first-order valence-electron chi connectivity index (χ1n) is 11.5. The minimum Gasteiger partial charge on any atom is -0.298 e. The molecule has 162 valence electrons. The fourth-order valence-electron chi connectivity index (χ4n) is 4.93. The van der Waals surface area contributed by atoms with E-state index in [1.807, 2.05) is 36.4 Å². The summed E-state index contributed by atoms with van der Waals surface area (Å²) in [6.45, 7) is 2.15. The molecule has 7 aromatic rings. The normalized spacial score (nSPS) is 11.8. The van der Waals surface area contributed by atoms with Crippen LogP contribution in [0, 0.1) is 0 Å². The molecule has 0 saturated carbocycles. The highest BCUT2D eigenvalue weighted by Gasteiger charge is 2.17. The van der Waals surface area contributed by atoms with Gasteiger partial charge in [0.05, 0.1) is 27.8 Å². The van der Waals surface area contributed by atoms with Crippen molar-refractivity contribution in [2.45, 2.75) is 13.3 Å². The smallest absolute Gasteiger partial charge is 0.137 e. The molecule has 0 spiro atoms. The third-order valence-electron chi connectivity index (χ3n) is 6.49. The Balaban J connectivity index is 1.47. The van der Waals surface area contributed by atoms with E-state index in [0.29, 0.717) is 0 Å². The highest BCUT2D eigenvalue weighted by Crippen LogP contribution is 2.33. The number of aryl methyl sites for hydroxylation is 1. The molecule has 3 aromatic carbocycles. The number of hydrogen-bond donors (Lipinski definition) is 0. The second kappa shape index (κ2) is 7.25. The summed E-state index contributed by atoms with van der Waals surface area (Å²) in [6.07, 6.45) is 2.93. The Morgan fingerprint density at radius 2 is 1.47 bits per heavy atom. The van der Waals surface area contributed by atoms with E-state index in [2.05, 4.69) is 76.7 Å². The van der Waals surface area contributed by atoms with Crippen LogP contribution in [-0.2, 0) is 6.42 Å². The topological polar surface area (TPSA) is 48.0 Å². The molecule has 0 unspecified atom stereocenters. The number of benzene rings is 3. The first-order valence-corrected chi connectivity index (χ1v) is 11.5. The second-order valence-corrected chi connectivity index (χ2v) is 8.47. The molecule has 5 nitrogen and oxygen atoms in total. The maximum absolute atomic E-state index is 5.09. The maximum Gasteiger partial charge on any atom is 0.137 e. The summed E-state index contributed by atoms with van der Waals surface area (Å²) in [7, 11) is 0. The lowest BCUT2D eigenvalue weighted by Crippen LogP contribution is -2.00. The zero-order valence-electron chi connectivity index (χ0n) is 18.7. The number of rotatable bonds is 3. The van der Waals surface area contributed by atoms with E-state index < -0.39 is 0 Å². The number of para-hydroxylation sites is 3. The number of pyridine rings is 2. The van der Waals surface area contributed by atoms with Gasteiger partial charge in [-0.2, -0.15) is 0 Å². The van der Waals surface area contributed by atoms with Crippen molar-refractivity contribution in [1.82, 2.24) is 23.9 Å². The lowest BCUT2D eigenvalue weighted by molar-refractivity contribution is 0.908. The van der Waals surface area contributed by atoms with Gasteiger partial charge in [0.15, 0.2) is 0 Å². The molecule has 0 amide bonds. The quantitative estimate of drug-likeness (QED) is 0.311. The van der Waals surface area contributed by atoms with Crippen LogP contribution in [0.1, 0.15) is 12.7 Å². The third kappa shape index (κ3) is 2.70. The average molecular weight is 440 g/mol. The molecule has 0 fully saturated rings. The summed E-state index contributed by atoms with van der Waals surface area (Å²) in [4.78, 5) is 14.9. The van der Waals surface area contributed by atoms with Crippen molar-refractivity contribution < 1.29 is 0 Å². The average Bonchev–Trinajstić information content (AvgIpc) is 3.47. The van der Waals surface area contributed by atoms with E-state index in [0.717, 1.165) is 67.8 Å². The van der Waals surface area contributed by atoms with E-state index >= 15 is 0 Å². The number of imidazole rings is 2. The maximum atomic E-state index is 5.09. The Morgan fingerprint density at radius 3 is 2.32 bits per heavy atom. The zero-order valence-corrected chi connectivity index (χ0v) is 18.7. The highest BCUT2D eigenvalue weighted by molar-refractivity contribution is 6.09. The number of nitrogens with zero attached hydrogens (tertiary/aromatic N) is 5. The van der Waals surface area contributed by atoms with Gasteiger partial charge < -0.3 is 0 Å². The fourth-order valence-corrected chi connectivity index (χ4v) is 4.93. The van der Waals surface area contributed by atoms with Crippen molar-refractivity contribution in [2.24, 2.45) is 0 Å². The van der Waals surface area contributed by atoms with Gasteiger partial charge >= 0.3 is 0 Å². The van der Waals surface area contributed by atoms with Gasteiger partial charge in [0.25, 0.3) is 0 Å². The van der Waals surface area contributed by atoms with Crippen molar-refractivity contribution >= 4 is 38.6 Å². The van der Waals surface area contributed by atoms with Gasteiger partial charge in [-0.1, -0.05) is 55.5 Å². The fraction of sp³-hybridized carbons (Fsp3) is 0.0690. The predicted octanol–water partition coefficient (Wildman–Crippen LogP) is 6.60. The van der Waals surface area contributed by atoms with E-state index in [9.17, 15) is 0 Å². The van der Waals surface area contributed by atoms with E-state index in [4.69, 9.17) is 15.0 Å². The van der Waals surface area contributed by atoms with Crippen LogP contribution in [0.25, 0.3) is 55.6 Å².